The van der Waals surface area contributed by atoms with Gasteiger partial charge >= 0.3 is 0 Å². The van der Waals surface area contributed by atoms with Crippen LogP contribution in [0.5, 0.6) is 0 Å². The van der Waals surface area contributed by atoms with Gasteiger partial charge in [0.1, 0.15) is 0 Å². The summed E-state index contributed by atoms with van der Waals surface area (Å²) in [6.45, 7) is 3.85. The van der Waals surface area contributed by atoms with Crippen LogP contribution in [0.1, 0.15) is 17.3 Å². The van der Waals surface area contributed by atoms with Gasteiger partial charge in [-0.05, 0) is 44.2 Å². The Morgan fingerprint density at radius 3 is 2.59 bits per heavy atom. The molecule has 0 saturated heterocycles. The van der Waals surface area contributed by atoms with E-state index in [4.69, 9.17) is 10.3 Å². The average molecular weight is 447 g/mol. The number of nitrogens with zero attached hydrogens (tertiary/aromatic N) is 7. The molecule has 3 aromatic heterocycles. The highest BCUT2D eigenvalue weighted by atomic mass is 79.9. The number of halogens is 1. The number of hydrogen-bond acceptors (Lipinski definition) is 8. The van der Waals surface area contributed by atoms with Crippen molar-refractivity contribution in [2.45, 2.75) is 24.8 Å². The van der Waals surface area contributed by atoms with Gasteiger partial charge in [-0.3, -0.25) is 0 Å². The van der Waals surface area contributed by atoms with Crippen molar-refractivity contribution in [2.75, 3.05) is 5.84 Å². The molecule has 0 bridgehead atoms. The fourth-order valence-electron chi connectivity index (χ4n) is 2.49. The fraction of sp³-hybridized carbons (Fsp3) is 0.188. The summed E-state index contributed by atoms with van der Waals surface area (Å²) in [7, 11) is 0. The second-order valence-corrected chi connectivity index (χ2v) is 7.65. The Balaban J connectivity index is 1.48. The molecule has 0 radical (unpaired) electrons. The van der Waals surface area contributed by atoms with Crippen LogP contribution in [0.3, 0.4) is 0 Å². The molecule has 4 rings (SSSR count). The van der Waals surface area contributed by atoms with Gasteiger partial charge in [0.05, 0.1) is 11.4 Å². The zero-order chi connectivity index (χ0) is 19.0. The molecule has 0 unspecified atom stereocenters. The minimum absolute atomic E-state index is 0.427. The van der Waals surface area contributed by atoms with Crippen molar-refractivity contribution in [3.63, 3.8) is 0 Å². The molecule has 27 heavy (non-hydrogen) atoms. The zero-order valence-corrected chi connectivity index (χ0v) is 16.9. The number of hydrogen-bond donors (Lipinski definition) is 1. The van der Waals surface area contributed by atoms with Crippen LogP contribution in [0.2, 0.25) is 0 Å². The van der Waals surface area contributed by atoms with Crippen molar-refractivity contribution >= 4 is 27.7 Å². The molecule has 2 N–H and O–H groups in total. The summed E-state index contributed by atoms with van der Waals surface area (Å²) >= 11 is 4.76. The molecule has 1 aromatic carbocycles. The summed E-state index contributed by atoms with van der Waals surface area (Å²) in [4.78, 5) is 0. The molecule has 4 aromatic rings. The van der Waals surface area contributed by atoms with Crippen molar-refractivity contribution in [1.82, 2.24) is 34.9 Å². The van der Waals surface area contributed by atoms with Crippen LogP contribution in [0.25, 0.3) is 17.4 Å². The molecule has 0 spiro atoms. The lowest BCUT2D eigenvalue weighted by atomic mass is 10.2. The predicted molar refractivity (Wildman–Crippen MR) is 104 cm³/mol. The Hall–Kier alpha value is -2.66. The predicted octanol–water partition coefficient (Wildman–Crippen LogP) is 2.90. The first-order valence-corrected chi connectivity index (χ1v) is 9.74. The van der Waals surface area contributed by atoms with Crippen LogP contribution in [0.4, 0.5) is 0 Å². The van der Waals surface area contributed by atoms with Gasteiger partial charge in [0.2, 0.25) is 16.9 Å². The summed E-state index contributed by atoms with van der Waals surface area (Å²) < 4.78 is 9.76. The summed E-state index contributed by atoms with van der Waals surface area (Å²) in [5, 5.41) is 21.3. The Morgan fingerprint density at radius 1 is 1.11 bits per heavy atom. The van der Waals surface area contributed by atoms with Gasteiger partial charge in [-0.25, -0.2) is 9.36 Å². The molecule has 3 heterocycles. The van der Waals surface area contributed by atoms with E-state index in [2.05, 4.69) is 41.4 Å². The Morgan fingerprint density at radius 2 is 1.89 bits per heavy atom. The number of thioether (sulfide) groups is 1. The van der Waals surface area contributed by atoms with Gasteiger partial charge in [-0.1, -0.05) is 27.7 Å². The summed E-state index contributed by atoms with van der Waals surface area (Å²) in [5.41, 5.74) is 2.67. The third kappa shape index (κ3) is 3.60. The Bertz CT molecular complexity index is 1080. The van der Waals surface area contributed by atoms with Crippen LogP contribution >= 0.6 is 27.7 Å². The van der Waals surface area contributed by atoms with Gasteiger partial charge in [-0.2, -0.15) is 5.10 Å². The second kappa shape index (κ2) is 7.16. The minimum Gasteiger partial charge on any atom is -0.420 e. The van der Waals surface area contributed by atoms with E-state index >= 15 is 0 Å². The maximum atomic E-state index is 6.13. The summed E-state index contributed by atoms with van der Waals surface area (Å²) in [6.07, 6.45) is 0. The monoisotopic (exact) mass is 446 g/mol. The third-order valence-corrected chi connectivity index (χ3v) is 5.18. The molecule has 0 fully saturated rings. The number of aryl methyl sites for hydroxylation is 2. The molecule has 0 atom stereocenters. The second-order valence-electron chi connectivity index (χ2n) is 5.79. The number of benzene rings is 1. The van der Waals surface area contributed by atoms with Crippen molar-refractivity contribution in [3.8, 4) is 17.4 Å². The smallest absolute Gasteiger partial charge is 0.271 e. The molecule has 11 heteroatoms. The van der Waals surface area contributed by atoms with Crippen LogP contribution in [-0.4, -0.2) is 34.9 Å². The highest BCUT2D eigenvalue weighted by molar-refractivity contribution is 9.10. The van der Waals surface area contributed by atoms with Crippen LogP contribution in [0, 0.1) is 13.8 Å². The van der Waals surface area contributed by atoms with Gasteiger partial charge < -0.3 is 10.3 Å². The number of nitrogen functional groups attached to an aromatic ring is 1. The number of aromatic nitrogens is 7. The Labute approximate surface area is 167 Å². The first-order valence-electron chi connectivity index (χ1n) is 7.96. The first kappa shape index (κ1) is 17.7. The fourth-order valence-corrected chi connectivity index (χ4v) is 3.44. The molecule has 138 valence electrons. The van der Waals surface area contributed by atoms with Crippen molar-refractivity contribution in [2.24, 2.45) is 0 Å². The lowest BCUT2D eigenvalue weighted by Gasteiger charge is -2.03. The molecule has 0 amide bonds. The molecule has 9 nitrogen and oxygen atoms in total. The molecule has 0 aliphatic heterocycles. The van der Waals surface area contributed by atoms with E-state index in [1.165, 1.54) is 16.4 Å². The van der Waals surface area contributed by atoms with Crippen molar-refractivity contribution in [3.05, 3.63) is 52.1 Å². The largest absolute Gasteiger partial charge is 0.420 e. The number of rotatable bonds is 5. The van der Waals surface area contributed by atoms with E-state index in [1.54, 1.807) is 4.68 Å². The van der Waals surface area contributed by atoms with E-state index in [9.17, 15) is 0 Å². The average Bonchev–Trinajstić information content (AvgIpc) is 3.33. The van der Waals surface area contributed by atoms with Gasteiger partial charge in [0.15, 0.2) is 0 Å². The topological polar surface area (TPSA) is 113 Å². The van der Waals surface area contributed by atoms with Crippen LogP contribution < -0.4 is 5.84 Å². The SMILES string of the molecule is Cc1cc(C)n(-c2nnc(SCc3nnc(-c4ccc(Br)cc4)o3)n2N)n1. The third-order valence-electron chi connectivity index (χ3n) is 3.73. The van der Waals surface area contributed by atoms with E-state index in [0.717, 1.165) is 21.4 Å². The van der Waals surface area contributed by atoms with Crippen LogP contribution in [-0.2, 0) is 5.75 Å². The van der Waals surface area contributed by atoms with Gasteiger partial charge in [-0.15, -0.1) is 20.4 Å². The molecular weight excluding hydrogens is 432 g/mol. The number of nitrogens with two attached hydrogens (primary N) is 1. The van der Waals surface area contributed by atoms with Crippen molar-refractivity contribution in [1.29, 1.82) is 0 Å². The lowest BCUT2D eigenvalue weighted by molar-refractivity contribution is 0.528. The molecule has 0 aliphatic rings. The highest BCUT2D eigenvalue weighted by Gasteiger charge is 2.16. The van der Waals surface area contributed by atoms with Gasteiger partial charge in [0, 0.05) is 15.7 Å². The zero-order valence-electron chi connectivity index (χ0n) is 14.5. The Kier molecular flexibility index (Phi) is 4.70. The van der Waals surface area contributed by atoms with E-state index in [1.807, 2.05) is 44.2 Å². The van der Waals surface area contributed by atoms with E-state index < -0.39 is 0 Å². The maximum absolute atomic E-state index is 6.13. The lowest BCUT2D eigenvalue weighted by Crippen LogP contribution is -2.17. The minimum atomic E-state index is 0.427. The van der Waals surface area contributed by atoms with E-state index in [-0.39, 0.29) is 0 Å². The highest BCUT2D eigenvalue weighted by Crippen LogP contribution is 2.24. The van der Waals surface area contributed by atoms with Crippen molar-refractivity contribution < 1.29 is 4.42 Å². The molecule has 0 saturated carbocycles. The molecular formula is C16H15BrN8OS. The van der Waals surface area contributed by atoms with E-state index in [0.29, 0.717) is 28.6 Å². The normalized spacial score (nSPS) is 11.2. The maximum Gasteiger partial charge on any atom is 0.271 e. The summed E-state index contributed by atoms with van der Waals surface area (Å²) in [6, 6.07) is 9.61. The first-order chi connectivity index (χ1) is 13.0. The summed E-state index contributed by atoms with van der Waals surface area (Å²) in [5.74, 6) is 7.95. The van der Waals surface area contributed by atoms with Gasteiger partial charge in [0.25, 0.3) is 5.95 Å². The van der Waals surface area contributed by atoms with Crippen LogP contribution in [0.15, 0.2) is 44.4 Å². The quantitative estimate of drug-likeness (QED) is 0.367. The molecule has 0 aliphatic carbocycles. The standard InChI is InChI=1S/C16H15BrN8OS/c1-9-7-10(2)25(23-9)15-21-22-16(24(15)18)27-8-13-19-20-14(26-13)11-3-5-12(17)6-4-11/h3-7H,8,18H2,1-2H3.